The lowest BCUT2D eigenvalue weighted by molar-refractivity contribution is -0.385. The molecule has 0 amide bonds. The Hall–Kier alpha value is -4.05. The van der Waals surface area contributed by atoms with Crippen LogP contribution in [0.25, 0.3) is 6.08 Å². The second-order valence-corrected chi connectivity index (χ2v) is 8.20. The lowest BCUT2D eigenvalue weighted by Gasteiger charge is -2.24. The quantitative estimate of drug-likeness (QED) is 0.322. The van der Waals surface area contributed by atoms with Gasteiger partial charge in [-0.1, -0.05) is 47.7 Å². The number of benzene rings is 2. The third-order valence-corrected chi connectivity index (χ3v) is 6.11. The van der Waals surface area contributed by atoms with Crippen LogP contribution in [0.4, 0.5) is 5.69 Å². The maximum Gasteiger partial charge on any atom is 0.338 e. The van der Waals surface area contributed by atoms with Crippen LogP contribution in [0.2, 0.25) is 0 Å². The Morgan fingerprint density at radius 3 is 2.67 bits per heavy atom. The van der Waals surface area contributed by atoms with Crippen molar-refractivity contribution in [2.24, 2.45) is 4.99 Å². The van der Waals surface area contributed by atoms with E-state index in [-0.39, 0.29) is 28.0 Å². The van der Waals surface area contributed by atoms with Crippen molar-refractivity contribution in [1.29, 1.82) is 0 Å². The van der Waals surface area contributed by atoms with Crippen molar-refractivity contribution >= 4 is 29.1 Å². The van der Waals surface area contributed by atoms with Gasteiger partial charge in [0, 0.05) is 12.1 Å². The van der Waals surface area contributed by atoms with E-state index >= 15 is 0 Å². The fraction of sp³-hybridized carbons (Fsp3) is 0.174. The van der Waals surface area contributed by atoms with E-state index in [4.69, 9.17) is 4.74 Å². The zero-order chi connectivity index (χ0) is 23.7. The van der Waals surface area contributed by atoms with Crippen molar-refractivity contribution in [3.8, 4) is 5.75 Å². The maximum atomic E-state index is 13.4. The van der Waals surface area contributed by atoms with Crippen molar-refractivity contribution in [3.05, 3.63) is 101 Å². The summed E-state index contributed by atoms with van der Waals surface area (Å²) in [4.78, 5) is 41.5. The van der Waals surface area contributed by atoms with Gasteiger partial charge in [-0.3, -0.25) is 19.5 Å². The molecule has 4 rings (SSSR count). The monoisotopic (exact) mass is 464 g/mol. The second-order valence-electron chi connectivity index (χ2n) is 7.19. The number of aromatic nitrogens is 1. The van der Waals surface area contributed by atoms with Crippen LogP contribution in [0, 0.1) is 10.1 Å². The zero-order valence-corrected chi connectivity index (χ0v) is 18.5. The Morgan fingerprint density at radius 1 is 1.27 bits per heavy atom. The third kappa shape index (κ3) is 4.08. The minimum absolute atomic E-state index is 0.0204. The summed E-state index contributed by atoms with van der Waals surface area (Å²) in [6.07, 6.45) is 1.32. The molecular weight excluding hydrogens is 446 g/mol. The number of non-ortho nitro benzene ring substituents is 1. The summed E-state index contributed by atoms with van der Waals surface area (Å²) in [6.45, 7) is 3.54. The van der Waals surface area contributed by atoms with Crippen molar-refractivity contribution in [1.82, 2.24) is 4.57 Å². The molecule has 33 heavy (non-hydrogen) atoms. The van der Waals surface area contributed by atoms with E-state index in [0.717, 1.165) is 29.5 Å². The predicted molar refractivity (Wildman–Crippen MR) is 119 cm³/mol. The van der Waals surface area contributed by atoms with E-state index in [1.807, 2.05) is 6.07 Å². The van der Waals surface area contributed by atoms with Crippen LogP contribution in [0.15, 0.2) is 69.6 Å². The number of hydrogen-bond acceptors (Lipinski definition) is 8. The molecule has 0 fully saturated rings. The molecule has 10 heteroatoms. The van der Waals surface area contributed by atoms with Crippen LogP contribution in [-0.2, 0) is 9.53 Å². The minimum atomic E-state index is -0.763. The van der Waals surface area contributed by atoms with Crippen LogP contribution in [0.5, 0.6) is 5.75 Å². The van der Waals surface area contributed by atoms with Crippen molar-refractivity contribution < 1.29 is 19.6 Å². The second kappa shape index (κ2) is 8.83. The van der Waals surface area contributed by atoms with E-state index in [1.54, 1.807) is 38.1 Å². The van der Waals surface area contributed by atoms with Crippen molar-refractivity contribution in [3.63, 3.8) is 0 Å². The molecule has 0 saturated carbocycles. The smallest absolute Gasteiger partial charge is 0.338 e. The van der Waals surface area contributed by atoms with Crippen LogP contribution in [0.3, 0.4) is 0 Å². The number of thiazole rings is 1. The van der Waals surface area contributed by atoms with Crippen molar-refractivity contribution in [2.75, 3.05) is 6.61 Å². The number of carbonyl (C=O) groups excluding carboxylic acids is 1. The fourth-order valence-electron chi connectivity index (χ4n) is 3.65. The molecule has 0 bridgehead atoms. The van der Waals surface area contributed by atoms with Gasteiger partial charge in [-0.2, -0.15) is 0 Å². The molecule has 2 aromatic carbocycles. The summed E-state index contributed by atoms with van der Waals surface area (Å²) < 4.78 is 6.80. The largest absolute Gasteiger partial charge is 0.872 e. The Bertz CT molecular complexity index is 1470. The highest BCUT2D eigenvalue weighted by molar-refractivity contribution is 7.07. The Balaban J connectivity index is 1.96. The topological polar surface area (TPSA) is 127 Å². The van der Waals surface area contributed by atoms with E-state index in [2.05, 4.69) is 4.99 Å². The first kappa shape index (κ1) is 22.2. The van der Waals surface area contributed by atoms with Gasteiger partial charge in [0.15, 0.2) is 4.80 Å². The normalized spacial score (nSPS) is 15.7. The highest BCUT2D eigenvalue weighted by Crippen LogP contribution is 2.30. The molecule has 168 valence electrons. The van der Waals surface area contributed by atoms with Gasteiger partial charge in [0.1, 0.15) is 0 Å². The van der Waals surface area contributed by atoms with Gasteiger partial charge in [-0.25, -0.2) is 9.79 Å². The van der Waals surface area contributed by atoms with Gasteiger partial charge >= 0.3 is 5.97 Å². The average Bonchev–Trinajstić information content (AvgIpc) is 3.09. The number of fused-ring (bicyclic) bond motifs is 1. The van der Waals surface area contributed by atoms with E-state index in [1.165, 1.54) is 10.6 Å². The zero-order valence-electron chi connectivity index (χ0n) is 17.7. The summed E-state index contributed by atoms with van der Waals surface area (Å²) in [5.74, 6) is -1.02. The molecule has 1 aromatic heterocycles. The van der Waals surface area contributed by atoms with Crippen molar-refractivity contribution in [2.45, 2.75) is 19.9 Å². The highest BCUT2D eigenvalue weighted by atomic mass is 32.1. The molecule has 3 aromatic rings. The molecule has 9 nitrogen and oxygen atoms in total. The lowest BCUT2D eigenvalue weighted by atomic mass is 9.96. The SMILES string of the molecule is CCOC(=O)C1=C(C)N=c2s/c(=C/c3cc([N+](=O)[O-])ccc3[O-])c(=O)n2[C@@H]1c1ccccc1. The molecular formula is C23H18N3O6S-. The summed E-state index contributed by atoms with van der Waals surface area (Å²) in [5, 5.41) is 23.3. The van der Waals surface area contributed by atoms with Crippen LogP contribution in [0.1, 0.15) is 31.0 Å². The summed E-state index contributed by atoms with van der Waals surface area (Å²) >= 11 is 1.04. The molecule has 0 aliphatic carbocycles. The highest BCUT2D eigenvalue weighted by Gasteiger charge is 2.33. The summed E-state index contributed by atoms with van der Waals surface area (Å²) in [5.41, 5.74) is 0.676. The maximum absolute atomic E-state index is 13.4. The number of nitro benzene ring substituents is 1. The molecule has 0 radical (unpaired) electrons. The van der Waals surface area contributed by atoms with Gasteiger partial charge in [0.05, 0.1) is 33.4 Å². The summed E-state index contributed by atoms with van der Waals surface area (Å²) in [6, 6.07) is 11.6. The van der Waals surface area contributed by atoms with E-state index in [9.17, 15) is 24.8 Å². The van der Waals surface area contributed by atoms with Gasteiger partial charge in [0.2, 0.25) is 0 Å². The molecule has 1 aliphatic heterocycles. The van der Waals surface area contributed by atoms with Gasteiger partial charge < -0.3 is 9.84 Å². The number of nitro groups is 1. The van der Waals surface area contributed by atoms with Gasteiger partial charge in [-0.05, 0) is 31.1 Å². The number of hydrogen-bond donors (Lipinski definition) is 0. The number of carbonyl (C=O) groups is 1. The Labute approximate surface area is 191 Å². The molecule has 0 saturated heterocycles. The van der Waals surface area contributed by atoms with E-state index < -0.39 is 28.2 Å². The molecule has 1 aliphatic rings. The number of esters is 1. The lowest BCUT2D eigenvalue weighted by Crippen LogP contribution is -2.39. The average molecular weight is 464 g/mol. The Morgan fingerprint density at radius 2 is 2.00 bits per heavy atom. The van der Waals surface area contributed by atoms with Crippen LogP contribution >= 0.6 is 11.3 Å². The minimum Gasteiger partial charge on any atom is -0.872 e. The molecule has 0 unspecified atom stereocenters. The number of rotatable bonds is 5. The number of ether oxygens (including phenoxy) is 1. The van der Waals surface area contributed by atoms with Crippen LogP contribution < -0.4 is 20.0 Å². The predicted octanol–water partition coefficient (Wildman–Crippen LogP) is 1.78. The number of nitrogens with zero attached hydrogens (tertiary/aromatic N) is 3. The Kier molecular flexibility index (Phi) is 5.93. The standard InChI is InChI=1S/C23H19N3O6S/c1-3-32-22(29)19-13(2)24-23-25(20(19)14-7-5-4-6-8-14)21(28)18(33-23)12-15-11-16(26(30)31)9-10-17(15)27/h4-12,20,27H,3H2,1-2H3/p-1/b18-12+/t20-/m1/s1. The fourth-order valence-corrected chi connectivity index (χ4v) is 4.68. The summed E-state index contributed by atoms with van der Waals surface area (Å²) in [7, 11) is 0. The number of allylic oxidation sites excluding steroid dienone is 1. The van der Waals surface area contributed by atoms with E-state index in [0.29, 0.717) is 16.1 Å². The molecule has 0 N–H and O–H groups in total. The van der Waals surface area contributed by atoms with Crippen LogP contribution in [-0.4, -0.2) is 22.1 Å². The van der Waals surface area contributed by atoms with Gasteiger partial charge in [0.25, 0.3) is 11.2 Å². The molecule has 0 spiro atoms. The first-order valence-electron chi connectivity index (χ1n) is 10.0. The third-order valence-electron chi connectivity index (χ3n) is 5.12. The first-order chi connectivity index (χ1) is 15.8. The molecule has 1 atom stereocenters. The first-order valence-corrected chi connectivity index (χ1v) is 10.8. The molecule has 2 heterocycles. The van der Waals surface area contributed by atoms with Gasteiger partial charge in [-0.15, -0.1) is 5.75 Å².